The van der Waals surface area contributed by atoms with Crippen LogP contribution >= 0.6 is 0 Å². The Morgan fingerprint density at radius 3 is 2.56 bits per heavy atom. The molecule has 2 aliphatic carbocycles. The predicted molar refractivity (Wildman–Crippen MR) is 68.2 cm³/mol. The van der Waals surface area contributed by atoms with E-state index in [1.54, 1.807) is 0 Å². The highest BCUT2D eigenvalue weighted by atomic mass is 16.3. The Labute approximate surface area is 99.9 Å². The van der Waals surface area contributed by atoms with E-state index < -0.39 is 5.60 Å². The van der Waals surface area contributed by atoms with Gasteiger partial charge in [-0.1, -0.05) is 45.3 Å². The summed E-state index contributed by atoms with van der Waals surface area (Å²) in [6.07, 6.45) is 8.25. The molecule has 1 saturated carbocycles. The molecule has 1 nitrogen and oxygen atoms in total. The van der Waals surface area contributed by atoms with E-state index in [1.165, 1.54) is 31.3 Å². The van der Waals surface area contributed by atoms with Gasteiger partial charge in [0.1, 0.15) is 0 Å². The van der Waals surface area contributed by atoms with Crippen molar-refractivity contribution in [3.8, 4) is 0 Å². The lowest BCUT2D eigenvalue weighted by Crippen LogP contribution is -2.34. The van der Waals surface area contributed by atoms with Crippen molar-refractivity contribution in [3.63, 3.8) is 0 Å². The molecule has 1 N–H and O–H groups in total. The highest BCUT2D eigenvalue weighted by molar-refractivity contribution is 5.25. The topological polar surface area (TPSA) is 20.2 Å². The highest BCUT2D eigenvalue weighted by Gasteiger charge is 2.40. The first-order chi connectivity index (χ1) is 7.32. The molecule has 0 bridgehead atoms. The summed E-state index contributed by atoms with van der Waals surface area (Å²) < 4.78 is 0. The van der Waals surface area contributed by atoms with Gasteiger partial charge in [0.15, 0.2) is 0 Å². The standard InChI is InChI=1S/C15H26O/c1-11-6-5-8-14(2,3)13-10-15(4,16)9-7-12(11)13/h10-12,16H,5-9H2,1-4H3/t11-,12+,15-/m1/s1. The van der Waals surface area contributed by atoms with Gasteiger partial charge in [-0.05, 0) is 43.4 Å². The zero-order valence-electron chi connectivity index (χ0n) is 11.2. The Bertz CT molecular complexity index is 299. The van der Waals surface area contributed by atoms with Crippen LogP contribution in [0, 0.1) is 17.3 Å². The van der Waals surface area contributed by atoms with E-state index in [9.17, 15) is 5.11 Å². The predicted octanol–water partition coefficient (Wildman–Crippen LogP) is 3.92. The fourth-order valence-electron chi connectivity index (χ4n) is 3.62. The molecule has 0 aromatic rings. The van der Waals surface area contributed by atoms with Crippen LogP contribution in [0.5, 0.6) is 0 Å². The minimum absolute atomic E-state index is 0.292. The van der Waals surface area contributed by atoms with Gasteiger partial charge in [0.05, 0.1) is 5.60 Å². The van der Waals surface area contributed by atoms with Crippen LogP contribution in [-0.2, 0) is 0 Å². The molecule has 1 heteroatoms. The van der Waals surface area contributed by atoms with Gasteiger partial charge in [0.2, 0.25) is 0 Å². The first kappa shape index (κ1) is 12.2. The van der Waals surface area contributed by atoms with Gasteiger partial charge < -0.3 is 5.11 Å². The van der Waals surface area contributed by atoms with Crippen LogP contribution in [0.15, 0.2) is 11.6 Å². The van der Waals surface area contributed by atoms with Crippen molar-refractivity contribution in [2.24, 2.45) is 17.3 Å². The summed E-state index contributed by atoms with van der Waals surface area (Å²) in [5.74, 6) is 1.52. The van der Waals surface area contributed by atoms with Gasteiger partial charge in [-0.15, -0.1) is 0 Å². The first-order valence-electron chi connectivity index (χ1n) is 6.77. The molecule has 0 saturated heterocycles. The summed E-state index contributed by atoms with van der Waals surface area (Å²) in [6.45, 7) is 9.05. The van der Waals surface area contributed by atoms with Crippen LogP contribution in [0.25, 0.3) is 0 Å². The quantitative estimate of drug-likeness (QED) is 0.616. The zero-order valence-corrected chi connectivity index (χ0v) is 11.2. The second kappa shape index (κ2) is 3.87. The van der Waals surface area contributed by atoms with E-state index in [2.05, 4.69) is 26.8 Å². The number of allylic oxidation sites excluding steroid dienone is 1. The van der Waals surface area contributed by atoms with Crippen molar-refractivity contribution >= 4 is 0 Å². The van der Waals surface area contributed by atoms with Crippen LogP contribution in [0.3, 0.4) is 0 Å². The summed E-state index contributed by atoms with van der Waals surface area (Å²) in [6, 6.07) is 0. The van der Waals surface area contributed by atoms with Gasteiger partial charge >= 0.3 is 0 Å². The molecule has 0 radical (unpaired) electrons. The van der Waals surface area contributed by atoms with Crippen molar-refractivity contribution in [2.75, 3.05) is 0 Å². The minimum Gasteiger partial charge on any atom is -0.386 e. The second-order valence-corrected chi connectivity index (χ2v) is 6.86. The number of rotatable bonds is 0. The van der Waals surface area contributed by atoms with E-state index >= 15 is 0 Å². The Morgan fingerprint density at radius 2 is 1.88 bits per heavy atom. The highest BCUT2D eigenvalue weighted by Crippen LogP contribution is 2.49. The summed E-state index contributed by atoms with van der Waals surface area (Å²) in [5.41, 5.74) is 1.27. The van der Waals surface area contributed by atoms with E-state index in [-0.39, 0.29) is 0 Å². The molecular formula is C15H26O. The lowest BCUT2D eigenvalue weighted by atomic mass is 9.67. The van der Waals surface area contributed by atoms with Gasteiger partial charge in [-0.2, -0.15) is 0 Å². The maximum absolute atomic E-state index is 10.2. The van der Waals surface area contributed by atoms with Gasteiger partial charge in [0, 0.05) is 0 Å². The molecule has 0 aliphatic heterocycles. The minimum atomic E-state index is -0.562. The van der Waals surface area contributed by atoms with Gasteiger partial charge in [-0.25, -0.2) is 0 Å². The van der Waals surface area contributed by atoms with Gasteiger partial charge in [0.25, 0.3) is 0 Å². The summed E-state index contributed by atoms with van der Waals surface area (Å²) in [4.78, 5) is 0. The largest absolute Gasteiger partial charge is 0.386 e. The van der Waals surface area contributed by atoms with E-state index in [1.807, 2.05) is 6.92 Å². The Hall–Kier alpha value is -0.300. The molecule has 0 unspecified atom stereocenters. The van der Waals surface area contributed by atoms with Gasteiger partial charge in [-0.3, -0.25) is 0 Å². The van der Waals surface area contributed by atoms with Crippen LogP contribution in [0.4, 0.5) is 0 Å². The average molecular weight is 222 g/mol. The van der Waals surface area contributed by atoms with E-state index in [4.69, 9.17) is 0 Å². The maximum Gasteiger partial charge on any atom is 0.0802 e. The third kappa shape index (κ3) is 2.20. The number of aliphatic hydroxyl groups is 1. The van der Waals surface area contributed by atoms with Crippen molar-refractivity contribution in [2.45, 2.75) is 65.4 Å². The Morgan fingerprint density at radius 1 is 1.19 bits per heavy atom. The molecule has 2 rings (SSSR count). The first-order valence-corrected chi connectivity index (χ1v) is 6.77. The third-order valence-electron chi connectivity index (χ3n) is 4.76. The fraction of sp³-hybridized carbons (Fsp3) is 0.867. The molecule has 2 aliphatic rings. The monoisotopic (exact) mass is 222 g/mol. The molecule has 0 amide bonds. The molecular weight excluding hydrogens is 196 g/mol. The summed E-state index contributed by atoms with van der Waals surface area (Å²) >= 11 is 0. The number of fused-ring (bicyclic) bond motifs is 1. The fourth-order valence-corrected chi connectivity index (χ4v) is 3.62. The molecule has 0 spiro atoms. The molecule has 16 heavy (non-hydrogen) atoms. The third-order valence-corrected chi connectivity index (χ3v) is 4.76. The van der Waals surface area contributed by atoms with Crippen molar-refractivity contribution in [1.82, 2.24) is 0 Å². The lowest BCUT2D eigenvalue weighted by molar-refractivity contribution is 0.0757. The van der Waals surface area contributed by atoms with E-state index in [0.29, 0.717) is 5.41 Å². The Kier molecular flexibility index (Phi) is 2.94. The average Bonchev–Trinajstić information content (AvgIpc) is 2.24. The summed E-state index contributed by atoms with van der Waals surface area (Å²) in [7, 11) is 0. The number of hydrogen-bond acceptors (Lipinski definition) is 1. The molecule has 3 atom stereocenters. The summed E-state index contributed by atoms with van der Waals surface area (Å²) in [5, 5.41) is 10.2. The van der Waals surface area contributed by atoms with E-state index in [0.717, 1.165) is 18.3 Å². The normalized spacial score (nSPS) is 43.2. The lowest BCUT2D eigenvalue weighted by Gasteiger charge is -2.40. The van der Waals surface area contributed by atoms with Crippen LogP contribution in [-0.4, -0.2) is 10.7 Å². The van der Waals surface area contributed by atoms with Crippen LogP contribution in [0.2, 0.25) is 0 Å². The zero-order chi connectivity index (χ0) is 12.0. The van der Waals surface area contributed by atoms with Crippen LogP contribution < -0.4 is 0 Å². The van der Waals surface area contributed by atoms with Crippen molar-refractivity contribution in [1.29, 1.82) is 0 Å². The molecule has 92 valence electrons. The molecule has 0 aromatic carbocycles. The maximum atomic E-state index is 10.2. The smallest absolute Gasteiger partial charge is 0.0802 e. The molecule has 0 aromatic heterocycles. The second-order valence-electron chi connectivity index (χ2n) is 6.86. The molecule has 1 fully saturated rings. The van der Waals surface area contributed by atoms with Crippen molar-refractivity contribution in [3.05, 3.63) is 11.6 Å². The van der Waals surface area contributed by atoms with Crippen molar-refractivity contribution < 1.29 is 5.11 Å². The molecule has 0 heterocycles. The SMILES string of the molecule is C[C@@H]1CCCC(C)(C)C2=C[C@](C)(O)CC[C@H]21. The number of hydrogen-bond donors (Lipinski definition) is 1. The van der Waals surface area contributed by atoms with Crippen LogP contribution in [0.1, 0.15) is 59.8 Å². The Balaban J connectivity index is 2.39.